The van der Waals surface area contributed by atoms with Gasteiger partial charge in [-0.15, -0.1) is 0 Å². The fourth-order valence-corrected chi connectivity index (χ4v) is 4.93. The molecule has 0 N–H and O–H groups in total. The fourth-order valence-electron chi connectivity index (χ4n) is 4.93. The molecule has 31 heavy (non-hydrogen) atoms. The van der Waals surface area contributed by atoms with Gasteiger partial charge in [0.15, 0.2) is 5.58 Å². The number of benzene rings is 2. The van der Waals surface area contributed by atoms with Crippen molar-refractivity contribution in [2.24, 2.45) is 0 Å². The Morgan fingerprint density at radius 3 is 2.65 bits per heavy atom. The van der Waals surface area contributed by atoms with E-state index in [2.05, 4.69) is 74.3 Å². The Kier molecular flexibility index (Phi) is 3.85. The highest BCUT2D eigenvalue weighted by atomic mass is 16.3. The van der Waals surface area contributed by atoms with Gasteiger partial charge in [-0.25, -0.2) is 0 Å². The molecule has 0 bridgehead atoms. The zero-order valence-corrected chi connectivity index (χ0v) is 18.1. The van der Waals surface area contributed by atoms with Crippen LogP contribution < -0.4 is 0 Å². The van der Waals surface area contributed by atoms with Crippen LogP contribution in [0.5, 0.6) is 0 Å². The topological polar surface area (TPSA) is 38.9 Å². The molecule has 0 fully saturated rings. The van der Waals surface area contributed by atoms with E-state index < -0.39 is 0 Å². The second-order valence-corrected chi connectivity index (χ2v) is 9.46. The average Bonchev–Trinajstić information content (AvgIpc) is 3.17. The Bertz CT molecular complexity index is 1470. The molecule has 0 saturated heterocycles. The maximum atomic E-state index is 6.48. The van der Waals surface area contributed by atoms with E-state index in [1.165, 1.54) is 33.0 Å². The van der Waals surface area contributed by atoms with Crippen LogP contribution in [-0.2, 0) is 18.3 Å². The van der Waals surface area contributed by atoms with E-state index in [-0.39, 0.29) is 5.41 Å². The summed E-state index contributed by atoms with van der Waals surface area (Å²) in [5.74, 6) is 1.04. The summed E-state index contributed by atoms with van der Waals surface area (Å²) in [7, 11) is 0. The molecule has 3 heteroatoms. The Labute approximate surface area is 181 Å². The number of aryl methyl sites for hydroxylation is 2. The number of hydrogen-bond acceptors (Lipinski definition) is 3. The van der Waals surface area contributed by atoms with Gasteiger partial charge in [-0.2, -0.15) is 0 Å². The predicted octanol–water partition coefficient (Wildman–Crippen LogP) is 7.11. The first kappa shape index (κ1) is 18.3. The molecule has 0 spiro atoms. The molecule has 3 heterocycles. The monoisotopic (exact) mass is 404 g/mol. The summed E-state index contributed by atoms with van der Waals surface area (Å²) < 4.78 is 6.48. The molecule has 0 unspecified atom stereocenters. The van der Waals surface area contributed by atoms with E-state index in [1.54, 1.807) is 0 Å². The molecule has 0 amide bonds. The van der Waals surface area contributed by atoms with Crippen LogP contribution in [0.1, 0.15) is 37.7 Å². The SMILES string of the molecule is CC(C)(C)c1cc(-c2nccc3c4c(oc23)CCc2ccncc2-4)cc2ccccc12. The molecule has 3 nitrogen and oxygen atoms in total. The van der Waals surface area contributed by atoms with Crippen LogP contribution >= 0.6 is 0 Å². The van der Waals surface area contributed by atoms with Crippen molar-refractivity contribution in [2.45, 2.75) is 39.0 Å². The van der Waals surface area contributed by atoms with Crippen molar-refractivity contribution in [3.05, 3.63) is 84.0 Å². The highest BCUT2D eigenvalue weighted by molar-refractivity contribution is 6.03. The minimum Gasteiger partial charge on any atom is -0.458 e. The number of furan rings is 1. The molecule has 152 valence electrons. The van der Waals surface area contributed by atoms with Gasteiger partial charge < -0.3 is 4.42 Å². The zero-order chi connectivity index (χ0) is 21.2. The summed E-state index contributed by atoms with van der Waals surface area (Å²) in [6.07, 6.45) is 7.64. The summed E-state index contributed by atoms with van der Waals surface area (Å²) in [6, 6.07) is 17.3. The largest absolute Gasteiger partial charge is 0.458 e. The van der Waals surface area contributed by atoms with Crippen molar-refractivity contribution in [3.63, 3.8) is 0 Å². The van der Waals surface area contributed by atoms with Gasteiger partial charge in [-0.3, -0.25) is 9.97 Å². The highest BCUT2D eigenvalue weighted by Gasteiger charge is 2.26. The van der Waals surface area contributed by atoms with Crippen molar-refractivity contribution in [2.75, 3.05) is 0 Å². The van der Waals surface area contributed by atoms with Crippen LogP contribution in [0.15, 0.2) is 71.5 Å². The summed E-state index contributed by atoms with van der Waals surface area (Å²) in [6.45, 7) is 6.80. The lowest BCUT2D eigenvalue weighted by Crippen LogP contribution is -2.12. The third kappa shape index (κ3) is 2.80. The third-order valence-electron chi connectivity index (χ3n) is 6.42. The number of nitrogens with zero attached hydrogens (tertiary/aromatic N) is 2. The van der Waals surface area contributed by atoms with E-state index in [0.29, 0.717) is 0 Å². The van der Waals surface area contributed by atoms with Gasteiger partial charge in [0.25, 0.3) is 0 Å². The third-order valence-corrected chi connectivity index (χ3v) is 6.42. The second kappa shape index (κ2) is 6.52. The number of fused-ring (bicyclic) bond motifs is 6. The van der Waals surface area contributed by atoms with Crippen molar-refractivity contribution in [1.82, 2.24) is 9.97 Å². The Morgan fingerprint density at radius 1 is 0.903 bits per heavy atom. The summed E-state index contributed by atoms with van der Waals surface area (Å²) in [5, 5.41) is 3.65. The summed E-state index contributed by atoms with van der Waals surface area (Å²) >= 11 is 0. The quantitative estimate of drug-likeness (QED) is 0.299. The first-order valence-corrected chi connectivity index (χ1v) is 10.9. The highest BCUT2D eigenvalue weighted by Crippen LogP contribution is 2.43. The number of rotatable bonds is 1. The molecule has 0 aliphatic heterocycles. The predicted molar refractivity (Wildman–Crippen MR) is 126 cm³/mol. The Hall–Kier alpha value is -3.46. The lowest BCUT2D eigenvalue weighted by molar-refractivity contribution is 0.545. The summed E-state index contributed by atoms with van der Waals surface area (Å²) in [4.78, 5) is 9.18. The van der Waals surface area contributed by atoms with Gasteiger partial charge in [0, 0.05) is 47.1 Å². The van der Waals surface area contributed by atoms with Crippen molar-refractivity contribution in [1.29, 1.82) is 0 Å². The van der Waals surface area contributed by atoms with Gasteiger partial charge >= 0.3 is 0 Å². The summed E-state index contributed by atoms with van der Waals surface area (Å²) in [5.41, 5.74) is 7.95. The van der Waals surface area contributed by atoms with Gasteiger partial charge in [0.1, 0.15) is 11.5 Å². The smallest absolute Gasteiger partial charge is 0.161 e. The van der Waals surface area contributed by atoms with Crippen LogP contribution in [0.3, 0.4) is 0 Å². The molecular weight excluding hydrogens is 380 g/mol. The van der Waals surface area contributed by atoms with E-state index >= 15 is 0 Å². The Morgan fingerprint density at radius 2 is 1.77 bits per heavy atom. The molecule has 0 radical (unpaired) electrons. The van der Waals surface area contributed by atoms with Crippen LogP contribution in [-0.4, -0.2) is 9.97 Å². The Balaban J connectivity index is 1.64. The molecule has 0 saturated carbocycles. The van der Waals surface area contributed by atoms with E-state index in [0.717, 1.165) is 40.8 Å². The van der Waals surface area contributed by atoms with Crippen LogP contribution in [0.25, 0.3) is 44.1 Å². The van der Waals surface area contributed by atoms with Crippen molar-refractivity contribution >= 4 is 21.7 Å². The van der Waals surface area contributed by atoms with E-state index in [4.69, 9.17) is 9.40 Å². The lowest BCUT2D eigenvalue weighted by atomic mass is 9.82. The fraction of sp³-hybridized carbons (Fsp3) is 0.214. The first-order chi connectivity index (χ1) is 15.0. The minimum absolute atomic E-state index is 0.0243. The number of pyridine rings is 2. The number of hydrogen-bond donors (Lipinski definition) is 0. The molecule has 3 aromatic heterocycles. The van der Waals surface area contributed by atoms with Gasteiger partial charge in [-0.1, -0.05) is 45.0 Å². The van der Waals surface area contributed by atoms with Crippen molar-refractivity contribution in [3.8, 4) is 22.4 Å². The maximum Gasteiger partial charge on any atom is 0.161 e. The molecule has 1 aliphatic carbocycles. The van der Waals surface area contributed by atoms with Crippen molar-refractivity contribution < 1.29 is 4.42 Å². The van der Waals surface area contributed by atoms with Crippen LogP contribution in [0.4, 0.5) is 0 Å². The molecular formula is C28H24N2O. The minimum atomic E-state index is 0.0243. The average molecular weight is 405 g/mol. The van der Waals surface area contributed by atoms with Gasteiger partial charge in [-0.05, 0) is 58.0 Å². The van der Waals surface area contributed by atoms with E-state index in [1.807, 2.05) is 18.6 Å². The van der Waals surface area contributed by atoms with Gasteiger partial charge in [0.05, 0.1) is 0 Å². The maximum absolute atomic E-state index is 6.48. The molecule has 5 aromatic rings. The standard InChI is InChI=1S/C28H24N2O/c1-28(2,3)23-15-19(14-18-6-4-5-7-20(18)23)26-27-21(11-13-30-26)25-22-16-29-12-10-17(22)8-9-24(25)31-27/h4-7,10-16H,8-9H2,1-3H3. The number of aromatic nitrogens is 2. The molecule has 0 atom stereocenters. The molecule has 1 aliphatic rings. The lowest BCUT2D eigenvalue weighted by Gasteiger charge is -2.22. The zero-order valence-electron chi connectivity index (χ0n) is 18.1. The van der Waals surface area contributed by atoms with Gasteiger partial charge in [0.2, 0.25) is 0 Å². The van der Waals surface area contributed by atoms with Crippen LogP contribution in [0.2, 0.25) is 0 Å². The molecule has 6 rings (SSSR count). The molecule has 2 aromatic carbocycles. The van der Waals surface area contributed by atoms with E-state index in [9.17, 15) is 0 Å². The van der Waals surface area contributed by atoms with Crippen LogP contribution in [0, 0.1) is 0 Å². The first-order valence-electron chi connectivity index (χ1n) is 10.9. The normalized spacial score (nSPS) is 13.4. The second-order valence-electron chi connectivity index (χ2n) is 9.46.